The Hall–Kier alpha value is -2.92. The number of amides is 1. The summed E-state index contributed by atoms with van der Waals surface area (Å²) in [5.74, 6) is -0.195. The molecule has 1 fully saturated rings. The number of nitrogen functional groups attached to an aromatic ring is 1. The van der Waals surface area contributed by atoms with Gasteiger partial charge in [-0.15, -0.1) is 0 Å². The number of nitrogens with two attached hydrogens (primary N) is 1. The second-order valence-electron chi connectivity index (χ2n) is 5.07. The molecule has 11 heteroatoms. The third kappa shape index (κ3) is 4.00. The minimum Gasteiger partial charge on any atom is -0.368 e. The van der Waals surface area contributed by atoms with Gasteiger partial charge < -0.3 is 11.1 Å². The van der Waals surface area contributed by atoms with E-state index in [2.05, 4.69) is 25.0 Å². The fourth-order valence-corrected chi connectivity index (χ4v) is 3.84. The smallest absolute Gasteiger partial charge is 0.264 e. The van der Waals surface area contributed by atoms with Crippen molar-refractivity contribution < 1.29 is 13.2 Å². The zero-order valence-electron chi connectivity index (χ0n) is 13.5. The number of carbonyl (C=O) groups is 1. The lowest BCUT2D eigenvalue weighted by Gasteiger charge is -2.07. The largest absolute Gasteiger partial charge is 0.368 e. The van der Waals surface area contributed by atoms with Gasteiger partial charge in [0, 0.05) is 13.2 Å². The summed E-state index contributed by atoms with van der Waals surface area (Å²) >= 11 is 1.22. The number of hydrogen-bond donors (Lipinski definition) is 3. The van der Waals surface area contributed by atoms with E-state index in [0.29, 0.717) is 15.6 Å². The highest BCUT2D eigenvalue weighted by atomic mass is 32.2. The predicted octanol–water partition coefficient (Wildman–Crippen LogP) is 1.05. The molecule has 3 rings (SSSR count). The van der Waals surface area contributed by atoms with Crippen molar-refractivity contribution in [3.8, 4) is 0 Å². The Balaban J connectivity index is 1.80. The molecule has 1 aliphatic rings. The molecule has 0 atom stereocenters. The number of nitrogens with one attached hydrogen (secondary N) is 2. The van der Waals surface area contributed by atoms with Crippen molar-refractivity contribution in [3.63, 3.8) is 0 Å². The number of hydrogen-bond acceptors (Lipinski definition) is 8. The lowest BCUT2D eigenvalue weighted by molar-refractivity contribution is -0.115. The average molecular weight is 390 g/mol. The molecule has 26 heavy (non-hydrogen) atoms. The third-order valence-electron chi connectivity index (χ3n) is 3.26. The van der Waals surface area contributed by atoms with Gasteiger partial charge in [-0.2, -0.15) is 4.98 Å². The number of carbonyl (C=O) groups excluding carboxylic acids is 1. The summed E-state index contributed by atoms with van der Waals surface area (Å²) in [6.45, 7) is 0. The van der Waals surface area contributed by atoms with Crippen LogP contribution in [0.15, 0.2) is 51.3 Å². The molecule has 2 aromatic rings. The number of anilines is 2. The van der Waals surface area contributed by atoms with Crippen LogP contribution >= 0.6 is 11.8 Å². The van der Waals surface area contributed by atoms with Crippen molar-refractivity contribution in [1.82, 2.24) is 15.3 Å². The van der Waals surface area contributed by atoms with E-state index in [0.717, 1.165) is 0 Å². The van der Waals surface area contributed by atoms with Crippen LogP contribution in [-0.2, 0) is 14.8 Å². The maximum absolute atomic E-state index is 12.4. The van der Waals surface area contributed by atoms with Gasteiger partial charge in [0.2, 0.25) is 5.95 Å². The van der Waals surface area contributed by atoms with Crippen molar-refractivity contribution in [1.29, 1.82) is 0 Å². The van der Waals surface area contributed by atoms with Gasteiger partial charge in [-0.1, -0.05) is 12.1 Å². The third-order valence-corrected chi connectivity index (χ3v) is 5.63. The van der Waals surface area contributed by atoms with E-state index in [4.69, 9.17) is 5.73 Å². The average Bonchev–Trinajstić information content (AvgIpc) is 2.95. The molecule has 1 aromatic carbocycles. The summed E-state index contributed by atoms with van der Waals surface area (Å²) in [4.78, 5) is 23.8. The number of aliphatic imine (C=N–C) groups is 1. The van der Waals surface area contributed by atoms with E-state index in [1.54, 1.807) is 25.3 Å². The van der Waals surface area contributed by atoms with E-state index >= 15 is 0 Å². The summed E-state index contributed by atoms with van der Waals surface area (Å²) in [6, 6.07) is 7.47. The monoisotopic (exact) mass is 390 g/mol. The fourth-order valence-electron chi connectivity index (χ4n) is 2.05. The van der Waals surface area contributed by atoms with Crippen LogP contribution in [0.3, 0.4) is 0 Å². The minimum absolute atomic E-state index is 0.0329. The Kier molecular flexibility index (Phi) is 4.91. The number of rotatable bonds is 4. The summed E-state index contributed by atoms with van der Waals surface area (Å²) in [7, 11) is -2.23. The number of amidine groups is 1. The lowest BCUT2D eigenvalue weighted by atomic mass is 10.2. The summed E-state index contributed by atoms with van der Waals surface area (Å²) < 4.78 is 27.1. The van der Waals surface area contributed by atoms with Crippen molar-refractivity contribution in [2.24, 2.45) is 4.99 Å². The normalized spacial score (nSPS) is 17.5. The molecule has 1 aromatic heterocycles. The lowest BCUT2D eigenvalue weighted by Crippen LogP contribution is -2.19. The fraction of sp³-hybridized carbons (Fsp3) is 0.0667. The van der Waals surface area contributed by atoms with Crippen LogP contribution in [0.4, 0.5) is 11.8 Å². The number of benzene rings is 1. The van der Waals surface area contributed by atoms with Crippen LogP contribution in [0, 0.1) is 0 Å². The second kappa shape index (κ2) is 7.14. The van der Waals surface area contributed by atoms with Gasteiger partial charge in [0.1, 0.15) is 5.82 Å². The Bertz CT molecular complexity index is 1020. The summed E-state index contributed by atoms with van der Waals surface area (Å²) in [5, 5.41) is 3.14. The van der Waals surface area contributed by atoms with E-state index in [1.807, 2.05) is 0 Å². The predicted molar refractivity (Wildman–Crippen MR) is 101 cm³/mol. The molecule has 0 bridgehead atoms. The minimum atomic E-state index is -3.82. The first-order chi connectivity index (χ1) is 12.4. The molecule has 1 amide bonds. The standard InChI is InChI=1S/C15H14N6O3S2/c1-17-15-20-13(22)11(25-15)8-9-2-4-10(5-3-9)26(23,24)21-12-6-7-18-14(16)19-12/h2-8H,1H3,(H,17,20,22)(H3,16,18,19,21)/b11-8+. The van der Waals surface area contributed by atoms with E-state index in [-0.39, 0.29) is 22.6 Å². The molecule has 134 valence electrons. The molecule has 0 unspecified atom stereocenters. The number of nitrogens with zero attached hydrogens (tertiary/aromatic N) is 3. The first-order valence-corrected chi connectivity index (χ1v) is 9.56. The molecule has 1 saturated heterocycles. The molecule has 9 nitrogen and oxygen atoms in total. The van der Waals surface area contributed by atoms with Gasteiger partial charge in [0.15, 0.2) is 5.17 Å². The summed E-state index contributed by atoms with van der Waals surface area (Å²) in [6.07, 6.45) is 3.01. The van der Waals surface area contributed by atoms with Gasteiger partial charge in [-0.25, -0.2) is 13.4 Å². The van der Waals surface area contributed by atoms with Gasteiger partial charge in [0.25, 0.3) is 15.9 Å². The van der Waals surface area contributed by atoms with E-state index in [9.17, 15) is 13.2 Å². The molecule has 1 aliphatic heterocycles. The number of sulfonamides is 1. The van der Waals surface area contributed by atoms with Gasteiger partial charge in [0.05, 0.1) is 9.80 Å². The molecule has 0 radical (unpaired) electrons. The molecular weight excluding hydrogens is 376 g/mol. The maximum atomic E-state index is 12.4. The van der Waals surface area contributed by atoms with Crippen LogP contribution in [0.25, 0.3) is 6.08 Å². The van der Waals surface area contributed by atoms with Crippen molar-refractivity contribution in [2.75, 3.05) is 17.5 Å². The van der Waals surface area contributed by atoms with Crippen LogP contribution in [0.2, 0.25) is 0 Å². The highest BCUT2D eigenvalue weighted by molar-refractivity contribution is 8.18. The first kappa shape index (κ1) is 17.9. The van der Waals surface area contributed by atoms with E-state index < -0.39 is 10.0 Å². The van der Waals surface area contributed by atoms with Crippen LogP contribution in [-0.4, -0.2) is 36.5 Å². The molecule has 4 N–H and O–H groups in total. The van der Waals surface area contributed by atoms with Crippen molar-refractivity contribution in [3.05, 3.63) is 47.0 Å². The Morgan fingerprint density at radius 3 is 2.62 bits per heavy atom. The van der Waals surface area contributed by atoms with E-state index in [1.165, 1.54) is 36.2 Å². The van der Waals surface area contributed by atoms with Crippen molar-refractivity contribution >= 4 is 50.7 Å². The van der Waals surface area contributed by atoms with Crippen LogP contribution in [0.5, 0.6) is 0 Å². The first-order valence-electron chi connectivity index (χ1n) is 7.26. The Labute approximate surface area is 153 Å². The summed E-state index contributed by atoms with van der Waals surface area (Å²) in [5.41, 5.74) is 6.12. The second-order valence-corrected chi connectivity index (χ2v) is 7.78. The number of thioether (sulfide) groups is 1. The molecule has 2 heterocycles. The molecular formula is C15H14N6O3S2. The topological polar surface area (TPSA) is 139 Å². The Morgan fingerprint density at radius 1 is 1.27 bits per heavy atom. The Morgan fingerprint density at radius 2 is 2.00 bits per heavy atom. The molecule has 0 aliphatic carbocycles. The molecule has 0 saturated carbocycles. The van der Waals surface area contributed by atoms with Gasteiger partial charge in [-0.05, 0) is 41.6 Å². The van der Waals surface area contributed by atoms with Gasteiger partial charge in [-0.3, -0.25) is 14.5 Å². The number of aromatic nitrogens is 2. The van der Waals surface area contributed by atoms with Gasteiger partial charge >= 0.3 is 0 Å². The molecule has 0 spiro atoms. The zero-order valence-corrected chi connectivity index (χ0v) is 15.1. The maximum Gasteiger partial charge on any atom is 0.264 e. The van der Waals surface area contributed by atoms with Crippen LogP contribution < -0.4 is 15.8 Å². The van der Waals surface area contributed by atoms with Crippen molar-refractivity contribution in [2.45, 2.75) is 4.90 Å². The SMILES string of the molecule is C/N=C1/NC(=O)/C(=C\c2ccc(S(=O)(=O)Nc3ccnc(N)n3)cc2)S1. The highest BCUT2D eigenvalue weighted by Crippen LogP contribution is 2.26. The zero-order chi connectivity index (χ0) is 18.7. The highest BCUT2D eigenvalue weighted by Gasteiger charge is 2.23. The quantitative estimate of drug-likeness (QED) is 0.663. The van der Waals surface area contributed by atoms with Crippen LogP contribution in [0.1, 0.15) is 5.56 Å².